The lowest BCUT2D eigenvalue weighted by Gasteiger charge is -2.25. The van der Waals surface area contributed by atoms with Crippen LogP contribution in [0.15, 0.2) is 12.4 Å². The molecule has 2 amide bonds. The lowest BCUT2D eigenvalue weighted by Crippen LogP contribution is -2.29. The van der Waals surface area contributed by atoms with E-state index in [0.717, 1.165) is 55.4 Å². The number of hydrogen-bond acceptors (Lipinski definition) is 7. The number of nitrogens with zero attached hydrogens (tertiary/aromatic N) is 5. The first-order valence-electron chi connectivity index (χ1n) is 13.5. The van der Waals surface area contributed by atoms with E-state index in [9.17, 15) is 18.4 Å². The number of alkyl halides is 2. The van der Waals surface area contributed by atoms with Crippen LogP contribution in [0.25, 0.3) is 0 Å². The number of thiophene rings is 1. The quantitative estimate of drug-likeness (QED) is 0.360. The molecule has 10 nitrogen and oxygen atoms in total. The zero-order chi connectivity index (χ0) is 26.9. The number of anilines is 3. The molecule has 39 heavy (non-hydrogen) atoms. The minimum atomic E-state index is -2.67. The molecule has 7 rings (SSSR count). The summed E-state index contributed by atoms with van der Waals surface area (Å²) in [6.07, 6.45) is 6.52. The molecular weight excluding hydrogens is 526 g/mol. The third-order valence-electron chi connectivity index (χ3n) is 8.67. The highest BCUT2D eigenvalue weighted by Gasteiger charge is 2.65. The van der Waals surface area contributed by atoms with Crippen LogP contribution < -0.4 is 16.0 Å². The number of carbonyl (C=O) groups is 2. The van der Waals surface area contributed by atoms with Gasteiger partial charge in [0.2, 0.25) is 11.9 Å². The molecule has 4 aliphatic carbocycles. The lowest BCUT2D eigenvalue weighted by molar-refractivity contribution is -0.117. The summed E-state index contributed by atoms with van der Waals surface area (Å²) in [6.45, 7) is 0.650. The normalized spacial score (nSPS) is 22.6. The van der Waals surface area contributed by atoms with Gasteiger partial charge in [0.05, 0.1) is 5.56 Å². The summed E-state index contributed by atoms with van der Waals surface area (Å²) in [5.41, 5.74) is 1.45. The molecule has 3 fully saturated rings. The average molecular weight is 557 g/mol. The standard InChI is InChI=1S/C26H30F2N8O2S/c1-35-19(9-17(34-35)21(27)28)31-25-33-30-12-36(25)14-4-5-18-15(8-14)20(23(38)29-11-13-2-3-13)24(39-18)32-22(37)16-10-26(16)6-7-26/h9,12-14,16,21H,2-8,10-11H2,1H3,(H,29,38)(H,31,33)(H,32,37)/t14-,16?/m0/s1. The van der Waals surface area contributed by atoms with Crippen molar-refractivity contribution < 1.29 is 18.4 Å². The fraction of sp³-hybridized carbons (Fsp3) is 0.577. The van der Waals surface area contributed by atoms with Gasteiger partial charge in [-0.15, -0.1) is 21.5 Å². The van der Waals surface area contributed by atoms with Gasteiger partial charge in [-0.1, -0.05) is 0 Å². The minimum absolute atomic E-state index is 0.0310. The molecule has 3 heterocycles. The highest BCUT2D eigenvalue weighted by molar-refractivity contribution is 7.17. The Hall–Kier alpha value is -3.35. The van der Waals surface area contributed by atoms with Crippen molar-refractivity contribution in [2.45, 2.75) is 63.8 Å². The first-order chi connectivity index (χ1) is 18.8. The summed E-state index contributed by atoms with van der Waals surface area (Å²) in [5.74, 6) is 1.30. The zero-order valence-electron chi connectivity index (χ0n) is 21.5. The summed E-state index contributed by atoms with van der Waals surface area (Å²) in [6, 6.07) is 1.24. The van der Waals surface area contributed by atoms with Crippen LogP contribution in [0.5, 0.6) is 0 Å². The second-order valence-electron chi connectivity index (χ2n) is 11.4. The van der Waals surface area contributed by atoms with Gasteiger partial charge in [-0.25, -0.2) is 8.78 Å². The van der Waals surface area contributed by atoms with Gasteiger partial charge < -0.3 is 16.0 Å². The fourth-order valence-corrected chi connectivity index (χ4v) is 7.08. The Balaban J connectivity index is 1.14. The predicted molar refractivity (Wildman–Crippen MR) is 140 cm³/mol. The molecule has 3 aromatic heterocycles. The van der Waals surface area contributed by atoms with Crippen LogP contribution in [0.1, 0.15) is 77.5 Å². The molecular formula is C26H30F2N8O2S. The Labute approximate surface area is 227 Å². The van der Waals surface area contributed by atoms with Crippen molar-refractivity contribution in [3.8, 4) is 0 Å². The molecule has 13 heteroatoms. The Morgan fingerprint density at radius 1 is 1.26 bits per heavy atom. The van der Waals surface area contributed by atoms with Crippen molar-refractivity contribution in [1.29, 1.82) is 0 Å². The Bertz CT molecular complexity index is 1450. The predicted octanol–water partition coefficient (Wildman–Crippen LogP) is 4.36. The van der Waals surface area contributed by atoms with Crippen LogP contribution in [0.3, 0.4) is 0 Å². The number of rotatable bonds is 9. The van der Waals surface area contributed by atoms with Crippen molar-refractivity contribution in [2.75, 3.05) is 17.2 Å². The van der Waals surface area contributed by atoms with Gasteiger partial charge in [0.15, 0.2) is 0 Å². The molecule has 0 saturated heterocycles. The van der Waals surface area contributed by atoms with Gasteiger partial charge >= 0.3 is 0 Å². The van der Waals surface area contributed by atoms with Crippen LogP contribution in [0.2, 0.25) is 0 Å². The molecule has 0 aromatic carbocycles. The summed E-state index contributed by atoms with van der Waals surface area (Å²) in [7, 11) is 1.59. The van der Waals surface area contributed by atoms with Crippen LogP contribution >= 0.6 is 11.3 Å². The second-order valence-corrected chi connectivity index (χ2v) is 12.5. The van der Waals surface area contributed by atoms with Gasteiger partial charge in [0.25, 0.3) is 12.3 Å². The average Bonchev–Trinajstić information content (AvgIpc) is 3.87. The van der Waals surface area contributed by atoms with Crippen LogP contribution in [-0.2, 0) is 24.7 Å². The number of carbonyl (C=O) groups excluding carboxylic acids is 2. The van der Waals surface area contributed by atoms with Gasteiger partial charge in [-0.2, -0.15) is 5.10 Å². The van der Waals surface area contributed by atoms with E-state index in [-0.39, 0.29) is 34.9 Å². The van der Waals surface area contributed by atoms with E-state index in [1.807, 2.05) is 4.57 Å². The van der Waals surface area contributed by atoms with E-state index in [4.69, 9.17) is 0 Å². The fourth-order valence-electron chi connectivity index (χ4n) is 5.84. The highest BCUT2D eigenvalue weighted by Crippen LogP contribution is 2.70. The van der Waals surface area contributed by atoms with Crippen molar-refractivity contribution in [3.05, 3.63) is 34.1 Å². The molecule has 0 radical (unpaired) electrons. The zero-order valence-corrected chi connectivity index (χ0v) is 22.4. The van der Waals surface area contributed by atoms with Gasteiger partial charge in [0, 0.05) is 36.5 Å². The van der Waals surface area contributed by atoms with Crippen molar-refractivity contribution >= 4 is 39.9 Å². The van der Waals surface area contributed by atoms with E-state index in [2.05, 4.69) is 31.2 Å². The number of nitrogens with one attached hydrogen (secondary N) is 3. The summed E-state index contributed by atoms with van der Waals surface area (Å²) in [4.78, 5) is 27.6. The Kier molecular flexibility index (Phi) is 5.76. The monoisotopic (exact) mass is 556 g/mol. The highest BCUT2D eigenvalue weighted by atomic mass is 32.1. The molecule has 1 spiro atoms. The van der Waals surface area contributed by atoms with Gasteiger partial charge in [-0.3, -0.25) is 18.8 Å². The first-order valence-corrected chi connectivity index (χ1v) is 14.3. The smallest absolute Gasteiger partial charge is 0.282 e. The molecule has 3 saturated carbocycles. The number of aryl methyl sites for hydroxylation is 2. The summed E-state index contributed by atoms with van der Waals surface area (Å²) < 4.78 is 29.5. The van der Waals surface area contributed by atoms with Gasteiger partial charge in [0.1, 0.15) is 22.8 Å². The Morgan fingerprint density at radius 2 is 2.08 bits per heavy atom. The summed E-state index contributed by atoms with van der Waals surface area (Å²) >= 11 is 1.52. The van der Waals surface area contributed by atoms with Gasteiger partial charge in [-0.05, 0) is 68.3 Å². The van der Waals surface area contributed by atoms with Crippen LogP contribution in [0.4, 0.5) is 25.5 Å². The molecule has 4 aliphatic rings. The van der Waals surface area contributed by atoms with Crippen LogP contribution in [-0.4, -0.2) is 42.9 Å². The molecule has 3 N–H and O–H groups in total. The van der Waals surface area contributed by atoms with E-state index in [0.29, 0.717) is 41.2 Å². The van der Waals surface area contributed by atoms with Crippen molar-refractivity contribution in [1.82, 2.24) is 29.9 Å². The van der Waals surface area contributed by atoms with Crippen LogP contribution in [0, 0.1) is 17.3 Å². The topological polar surface area (TPSA) is 119 Å². The third-order valence-corrected chi connectivity index (χ3v) is 9.88. The largest absolute Gasteiger partial charge is 0.352 e. The second kappa shape index (κ2) is 9.10. The summed E-state index contributed by atoms with van der Waals surface area (Å²) in [5, 5.41) is 22.1. The maximum atomic E-state index is 13.5. The van der Waals surface area contributed by atoms with E-state index in [1.165, 1.54) is 22.1 Å². The van der Waals surface area contributed by atoms with E-state index < -0.39 is 6.43 Å². The number of hydrogen-bond donors (Lipinski definition) is 3. The molecule has 2 atom stereocenters. The molecule has 1 unspecified atom stereocenters. The first kappa shape index (κ1) is 24.7. The third kappa shape index (κ3) is 4.60. The SMILES string of the molecule is Cn1nc(C(F)F)cc1Nc1nncn1[C@H]1CCc2sc(NC(=O)C3CC34CC4)c(C(=O)NCC3CC3)c2C1. The van der Waals surface area contributed by atoms with Crippen molar-refractivity contribution in [3.63, 3.8) is 0 Å². The van der Waals surface area contributed by atoms with Crippen molar-refractivity contribution in [2.24, 2.45) is 24.3 Å². The lowest BCUT2D eigenvalue weighted by atomic mass is 9.91. The number of halogens is 2. The molecule has 0 aliphatic heterocycles. The number of aromatic nitrogens is 5. The number of amides is 2. The molecule has 206 valence electrons. The van der Waals surface area contributed by atoms with E-state index in [1.54, 1.807) is 13.4 Å². The van der Waals surface area contributed by atoms with E-state index >= 15 is 0 Å². The minimum Gasteiger partial charge on any atom is -0.352 e. The maximum absolute atomic E-state index is 13.5. The Morgan fingerprint density at radius 3 is 2.77 bits per heavy atom. The number of fused-ring (bicyclic) bond motifs is 1. The maximum Gasteiger partial charge on any atom is 0.282 e. The molecule has 3 aromatic rings. The molecule has 0 bridgehead atoms.